The van der Waals surface area contributed by atoms with Crippen LogP contribution in [0, 0.1) is 17.5 Å². The Balaban J connectivity index is 1.72. The zero-order valence-electron chi connectivity index (χ0n) is 19.1. The van der Waals surface area contributed by atoms with Crippen LogP contribution in [0.4, 0.5) is 30.7 Å². The van der Waals surface area contributed by atoms with Gasteiger partial charge in [-0.2, -0.15) is 17.6 Å². The highest BCUT2D eigenvalue weighted by molar-refractivity contribution is 5.77. The van der Waals surface area contributed by atoms with Gasteiger partial charge in [0.15, 0.2) is 11.6 Å². The largest absolute Gasteiger partial charge is 0.491 e. The van der Waals surface area contributed by atoms with E-state index in [2.05, 4.69) is 6.58 Å². The van der Waals surface area contributed by atoms with Gasteiger partial charge in [-0.1, -0.05) is 24.3 Å². The normalized spacial score (nSPS) is 15.1. The predicted molar refractivity (Wildman–Crippen MR) is 120 cm³/mol. The topological polar surface area (TPSA) is 18.5 Å². The molecule has 190 valence electrons. The summed E-state index contributed by atoms with van der Waals surface area (Å²) in [5, 5.41) is 0. The molecule has 0 saturated carbocycles. The second-order valence-electron chi connectivity index (χ2n) is 8.21. The molecule has 0 spiro atoms. The number of rotatable bonds is 8. The maximum absolute atomic E-state index is 15.3. The van der Waals surface area contributed by atoms with Crippen molar-refractivity contribution >= 4 is 0 Å². The quantitative estimate of drug-likeness (QED) is 0.225. The first-order valence-corrected chi connectivity index (χ1v) is 11.1. The van der Waals surface area contributed by atoms with Crippen molar-refractivity contribution < 1.29 is 40.2 Å². The van der Waals surface area contributed by atoms with Crippen LogP contribution in [0.2, 0.25) is 0 Å². The molecular formula is C27H21F7O2. The van der Waals surface area contributed by atoms with Crippen LogP contribution < -0.4 is 9.47 Å². The van der Waals surface area contributed by atoms with Crippen LogP contribution in [0.25, 0.3) is 11.1 Å². The van der Waals surface area contributed by atoms with Crippen molar-refractivity contribution in [1.82, 2.24) is 0 Å². The van der Waals surface area contributed by atoms with Gasteiger partial charge in [0.1, 0.15) is 24.0 Å². The van der Waals surface area contributed by atoms with E-state index in [0.717, 1.165) is 30.3 Å². The molecule has 0 fully saturated rings. The Morgan fingerprint density at radius 1 is 0.806 bits per heavy atom. The maximum Gasteiger partial charge on any atom is 0.343 e. The molecule has 9 heteroatoms. The SMILES string of the molecule is C=CCCc1ccc(OCc2ccc3c(c2F)C(F)(F)C(F)(F)c2c-3ccc(OCC)c2F)cc1F. The first-order chi connectivity index (χ1) is 17.0. The van der Waals surface area contributed by atoms with Crippen molar-refractivity contribution in [2.24, 2.45) is 0 Å². The average molecular weight is 510 g/mol. The van der Waals surface area contributed by atoms with Crippen molar-refractivity contribution in [2.45, 2.75) is 38.2 Å². The second-order valence-corrected chi connectivity index (χ2v) is 8.21. The van der Waals surface area contributed by atoms with Crippen molar-refractivity contribution in [3.8, 4) is 22.6 Å². The summed E-state index contributed by atoms with van der Waals surface area (Å²) < 4.78 is 115. The number of benzene rings is 3. The fourth-order valence-electron chi connectivity index (χ4n) is 4.17. The highest BCUT2D eigenvalue weighted by Gasteiger charge is 2.65. The zero-order chi connectivity index (χ0) is 26.3. The molecule has 1 aliphatic rings. The van der Waals surface area contributed by atoms with Crippen LogP contribution in [0.1, 0.15) is 35.6 Å². The third-order valence-corrected chi connectivity index (χ3v) is 5.98. The van der Waals surface area contributed by atoms with Crippen molar-refractivity contribution in [3.05, 3.63) is 94.8 Å². The fourth-order valence-corrected chi connectivity index (χ4v) is 4.17. The van der Waals surface area contributed by atoms with Crippen molar-refractivity contribution in [1.29, 1.82) is 0 Å². The Morgan fingerprint density at radius 3 is 2.03 bits per heavy atom. The van der Waals surface area contributed by atoms with Gasteiger partial charge in [0.25, 0.3) is 0 Å². The van der Waals surface area contributed by atoms with Gasteiger partial charge in [-0.25, -0.2) is 13.2 Å². The number of fused-ring (bicyclic) bond motifs is 3. The van der Waals surface area contributed by atoms with Crippen molar-refractivity contribution in [2.75, 3.05) is 6.61 Å². The number of hydrogen-bond donors (Lipinski definition) is 0. The van der Waals surface area contributed by atoms with E-state index in [4.69, 9.17) is 9.47 Å². The van der Waals surface area contributed by atoms with E-state index < -0.39 is 69.5 Å². The first kappa shape index (κ1) is 25.6. The summed E-state index contributed by atoms with van der Waals surface area (Å²) in [4.78, 5) is 0. The Morgan fingerprint density at radius 2 is 1.42 bits per heavy atom. The lowest BCUT2D eigenvalue weighted by atomic mass is 9.79. The maximum atomic E-state index is 15.3. The Bertz CT molecular complexity index is 1320. The minimum Gasteiger partial charge on any atom is -0.491 e. The molecule has 3 aromatic carbocycles. The van der Waals surface area contributed by atoms with E-state index in [9.17, 15) is 17.6 Å². The molecule has 0 bridgehead atoms. The number of ether oxygens (including phenoxy) is 2. The molecule has 2 nitrogen and oxygen atoms in total. The number of halogens is 7. The van der Waals surface area contributed by atoms with Crippen LogP contribution in [0.15, 0.2) is 55.1 Å². The summed E-state index contributed by atoms with van der Waals surface area (Å²) in [7, 11) is 0. The molecule has 3 aromatic rings. The van der Waals surface area contributed by atoms with Gasteiger partial charge in [0, 0.05) is 11.6 Å². The molecule has 0 atom stereocenters. The third-order valence-electron chi connectivity index (χ3n) is 5.98. The van der Waals surface area contributed by atoms with Crippen LogP contribution >= 0.6 is 0 Å². The number of aryl methyl sites for hydroxylation is 1. The Hall–Kier alpha value is -3.49. The van der Waals surface area contributed by atoms with Gasteiger partial charge in [-0.05, 0) is 54.7 Å². The van der Waals surface area contributed by atoms with Gasteiger partial charge in [0.2, 0.25) is 0 Å². The van der Waals surface area contributed by atoms with E-state index in [1.54, 1.807) is 6.08 Å². The molecule has 0 unspecified atom stereocenters. The Kier molecular flexibility index (Phi) is 6.77. The molecule has 0 radical (unpaired) electrons. The fraction of sp³-hybridized carbons (Fsp3) is 0.259. The Labute approximate surface area is 203 Å². The van der Waals surface area contributed by atoms with E-state index in [1.807, 2.05) is 0 Å². The second kappa shape index (κ2) is 9.52. The smallest absolute Gasteiger partial charge is 0.343 e. The number of allylic oxidation sites excluding steroid dienone is 1. The molecular weight excluding hydrogens is 489 g/mol. The molecule has 0 amide bonds. The van der Waals surface area contributed by atoms with Gasteiger partial charge in [-0.15, -0.1) is 6.58 Å². The lowest BCUT2D eigenvalue weighted by molar-refractivity contribution is -0.228. The van der Waals surface area contributed by atoms with Crippen LogP contribution in [-0.2, 0) is 24.9 Å². The molecule has 0 aliphatic heterocycles. The first-order valence-electron chi connectivity index (χ1n) is 11.1. The molecule has 0 saturated heterocycles. The minimum atomic E-state index is -5.07. The van der Waals surface area contributed by atoms with Crippen LogP contribution in [0.3, 0.4) is 0 Å². The number of hydrogen-bond acceptors (Lipinski definition) is 2. The lowest BCUT2D eigenvalue weighted by Gasteiger charge is -2.35. The third kappa shape index (κ3) is 4.10. The summed E-state index contributed by atoms with van der Waals surface area (Å²) in [6.07, 6.45) is 2.59. The number of alkyl halides is 4. The van der Waals surface area contributed by atoms with E-state index in [1.165, 1.54) is 19.1 Å². The molecule has 0 aromatic heterocycles. The summed E-state index contributed by atoms with van der Waals surface area (Å²) in [6.45, 7) is 4.34. The molecule has 4 rings (SSSR count). The van der Waals surface area contributed by atoms with Gasteiger partial charge < -0.3 is 9.47 Å². The highest BCUT2D eigenvalue weighted by Crippen LogP contribution is 2.60. The van der Waals surface area contributed by atoms with E-state index in [0.29, 0.717) is 18.4 Å². The minimum absolute atomic E-state index is 0.0000610. The monoisotopic (exact) mass is 510 g/mol. The molecule has 1 aliphatic carbocycles. The zero-order valence-corrected chi connectivity index (χ0v) is 19.1. The average Bonchev–Trinajstić information content (AvgIpc) is 2.82. The van der Waals surface area contributed by atoms with E-state index >= 15 is 13.2 Å². The van der Waals surface area contributed by atoms with Gasteiger partial charge >= 0.3 is 11.8 Å². The van der Waals surface area contributed by atoms with E-state index in [-0.39, 0.29) is 12.4 Å². The molecule has 36 heavy (non-hydrogen) atoms. The van der Waals surface area contributed by atoms with Gasteiger partial charge in [-0.3, -0.25) is 0 Å². The summed E-state index contributed by atoms with van der Waals surface area (Å²) >= 11 is 0. The lowest BCUT2D eigenvalue weighted by Crippen LogP contribution is -2.41. The van der Waals surface area contributed by atoms with Crippen LogP contribution in [-0.4, -0.2) is 6.61 Å². The predicted octanol–water partition coefficient (Wildman–Crippen LogP) is 8.06. The summed E-state index contributed by atoms with van der Waals surface area (Å²) in [5.41, 5.74) is -4.29. The van der Waals surface area contributed by atoms with Crippen LogP contribution in [0.5, 0.6) is 11.5 Å². The molecule has 0 heterocycles. The standard InChI is InChI=1S/C27H21F7O2/c1-3-5-6-15-7-9-17(13-20(15)28)36-14-16-8-10-18-19-11-12-21(35-4-2)25(30)23(19)27(33,34)26(31,32)22(18)24(16)29/h3,7-13H,1,4-6,14H2,2H3. The summed E-state index contributed by atoms with van der Waals surface area (Å²) in [6, 6.07) is 8.08. The van der Waals surface area contributed by atoms with Gasteiger partial charge in [0.05, 0.1) is 17.7 Å². The van der Waals surface area contributed by atoms with Crippen molar-refractivity contribution in [3.63, 3.8) is 0 Å². The molecule has 0 N–H and O–H groups in total. The highest BCUT2D eigenvalue weighted by atomic mass is 19.3. The summed E-state index contributed by atoms with van der Waals surface area (Å²) in [5.74, 6) is -14.5.